The summed E-state index contributed by atoms with van der Waals surface area (Å²) in [6.45, 7) is 4.82. The van der Waals surface area contributed by atoms with Gasteiger partial charge in [0, 0.05) is 18.5 Å². The predicted molar refractivity (Wildman–Crippen MR) is 62.3 cm³/mol. The van der Waals surface area contributed by atoms with Gasteiger partial charge in [0.25, 0.3) is 0 Å². The first-order valence-electron chi connectivity index (χ1n) is 5.69. The standard InChI is InChI=1S/C11H18N4O/c1-8-14-10-3-6-16-7-9(10)11(15-8)13-5-2-4-12/h2-7,12H2,1H3,(H,13,14,15). The molecule has 0 saturated carbocycles. The van der Waals surface area contributed by atoms with Gasteiger partial charge in [0.15, 0.2) is 0 Å². The van der Waals surface area contributed by atoms with E-state index in [2.05, 4.69) is 15.3 Å². The van der Waals surface area contributed by atoms with Crippen LogP contribution in [-0.4, -0.2) is 29.7 Å². The van der Waals surface area contributed by atoms with Gasteiger partial charge in [-0.05, 0) is 19.9 Å². The van der Waals surface area contributed by atoms with E-state index in [-0.39, 0.29) is 0 Å². The first-order chi connectivity index (χ1) is 7.81. The van der Waals surface area contributed by atoms with Gasteiger partial charge in [0.05, 0.1) is 18.9 Å². The van der Waals surface area contributed by atoms with Crippen molar-refractivity contribution in [1.82, 2.24) is 9.97 Å². The molecular weight excluding hydrogens is 204 g/mol. The summed E-state index contributed by atoms with van der Waals surface area (Å²) in [5.41, 5.74) is 7.69. The Morgan fingerprint density at radius 3 is 3.12 bits per heavy atom. The summed E-state index contributed by atoms with van der Waals surface area (Å²) in [4.78, 5) is 8.86. The lowest BCUT2D eigenvalue weighted by Crippen LogP contribution is -2.18. The van der Waals surface area contributed by atoms with E-state index in [1.807, 2.05) is 6.92 Å². The fourth-order valence-electron chi connectivity index (χ4n) is 1.81. The van der Waals surface area contributed by atoms with Gasteiger partial charge in [0.2, 0.25) is 0 Å². The smallest absolute Gasteiger partial charge is 0.135 e. The minimum Gasteiger partial charge on any atom is -0.376 e. The third kappa shape index (κ3) is 2.48. The van der Waals surface area contributed by atoms with Crippen LogP contribution in [0.15, 0.2) is 0 Å². The maximum absolute atomic E-state index is 5.46. The predicted octanol–water partition coefficient (Wildman–Crippen LogP) is 0.618. The highest BCUT2D eigenvalue weighted by molar-refractivity contribution is 5.47. The van der Waals surface area contributed by atoms with E-state index in [4.69, 9.17) is 10.5 Å². The molecule has 0 amide bonds. The Bertz CT molecular complexity index is 367. The fraction of sp³-hybridized carbons (Fsp3) is 0.636. The van der Waals surface area contributed by atoms with Crippen LogP contribution in [-0.2, 0) is 17.8 Å². The summed E-state index contributed by atoms with van der Waals surface area (Å²) >= 11 is 0. The Labute approximate surface area is 95.4 Å². The summed E-state index contributed by atoms with van der Waals surface area (Å²) in [7, 11) is 0. The zero-order valence-corrected chi connectivity index (χ0v) is 9.62. The van der Waals surface area contributed by atoms with E-state index in [1.165, 1.54) is 0 Å². The minimum absolute atomic E-state index is 0.612. The van der Waals surface area contributed by atoms with Crippen molar-refractivity contribution in [1.29, 1.82) is 0 Å². The minimum atomic E-state index is 0.612. The number of rotatable bonds is 4. The SMILES string of the molecule is Cc1nc2c(c(NCCCN)n1)COCC2. The van der Waals surface area contributed by atoms with Gasteiger partial charge < -0.3 is 15.8 Å². The van der Waals surface area contributed by atoms with Gasteiger partial charge in [-0.25, -0.2) is 9.97 Å². The Kier molecular flexibility index (Phi) is 3.69. The summed E-state index contributed by atoms with van der Waals surface area (Å²) in [6.07, 6.45) is 1.82. The molecule has 0 spiro atoms. The number of aromatic nitrogens is 2. The summed E-state index contributed by atoms with van der Waals surface area (Å²) < 4.78 is 5.44. The van der Waals surface area contributed by atoms with Gasteiger partial charge in [-0.1, -0.05) is 0 Å². The molecule has 5 nitrogen and oxygen atoms in total. The number of anilines is 1. The van der Waals surface area contributed by atoms with Crippen LogP contribution in [0.3, 0.4) is 0 Å². The van der Waals surface area contributed by atoms with Gasteiger partial charge in [-0.15, -0.1) is 0 Å². The van der Waals surface area contributed by atoms with Crippen molar-refractivity contribution in [3.05, 3.63) is 17.1 Å². The molecule has 2 rings (SSSR count). The van der Waals surface area contributed by atoms with Gasteiger partial charge in [0.1, 0.15) is 11.6 Å². The molecule has 0 saturated heterocycles. The van der Waals surface area contributed by atoms with Gasteiger partial charge >= 0.3 is 0 Å². The highest BCUT2D eigenvalue weighted by atomic mass is 16.5. The zero-order chi connectivity index (χ0) is 11.4. The lowest BCUT2D eigenvalue weighted by molar-refractivity contribution is 0.109. The molecule has 1 aliphatic rings. The molecule has 0 fully saturated rings. The van der Waals surface area contributed by atoms with Crippen molar-refractivity contribution < 1.29 is 4.74 Å². The first kappa shape index (κ1) is 11.3. The molecule has 5 heteroatoms. The molecule has 88 valence electrons. The topological polar surface area (TPSA) is 73.1 Å². The molecule has 3 N–H and O–H groups in total. The molecule has 1 aliphatic heterocycles. The molecule has 0 aliphatic carbocycles. The van der Waals surface area contributed by atoms with Gasteiger partial charge in [-0.3, -0.25) is 0 Å². The monoisotopic (exact) mass is 222 g/mol. The normalized spacial score (nSPS) is 14.6. The van der Waals surface area contributed by atoms with E-state index < -0.39 is 0 Å². The molecule has 0 bridgehead atoms. The number of nitrogens with one attached hydrogen (secondary N) is 1. The van der Waals surface area contributed by atoms with Crippen LogP contribution in [0.2, 0.25) is 0 Å². The van der Waals surface area contributed by atoms with Crippen molar-refractivity contribution >= 4 is 5.82 Å². The Hall–Kier alpha value is -1.20. The highest BCUT2D eigenvalue weighted by Gasteiger charge is 2.16. The Morgan fingerprint density at radius 2 is 2.31 bits per heavy atom. The maximum atomic E-state index is 5.46. The summed E-state index contributed by atoms with van der Waals surface area (Å²) in [6, 6.07) is 0. The number of fused-ring (bicyclic) bond motifs is 1. The largest absolute Gasteiger partial charge is 0.376 e. The number of aryl methyl sites for hydroxylation is 1. The van der Waals surface area contributed by atoms with Crippen LogP contribution in [0, 0.1) is 6.92 Å². The van der Waals surface area contributed by atoms with Crippen LogP contribution in [0.5, 0.6) is 0 Å². The molecule has 1 aromatic heterocycles. The van der Waals surface area contributed by atoms with Crippen molar-refractivity contribution in [3.8, 4) is 0 Å². The van der Waals surface area contributed by atoms with Crippen LogP contribution >= 0.6 is 0 Å². The van der Waals surface area contributed by atoms with E-state index in [0.29, 0.717) is 13.2 Å². The quantitative estimate of drug-likeness (QED) is 0.731. The first-order valence-corrected chi connectivity index (χ1v) is 5.69. The van der Waals surface area contributed by atoms with Crippen LogP contribution in [0.25, 0.3) is 0 Å². The lowest BCUT2D eigenvalue weighted by Gasteiger charge is -2.19. The molecule has 0 radical (unpaired) electrons. The second-order valence-corrected chi connectivity index (χ2v) is 3.92. The Morgan fingerprint density at radius 1 is 1.44 bits per heavy atom. The van der Waals surface area contributed by atoms with Crippen molar-refractivity contribution in [2.24, 2.45) is 5.73 Å². The van der Waals surface area contributed by atoms with Crippen LogP contribution in [0.1, 0.15) is 23.5 Å². The molecule has 0 unspecified atom stereocenters. The van der Waals surface area contributed by atoms with Crippen LogP contribution < -0.4 is 11.1 Å². The molecule has 0 atom stereocenters. The third-order valence-corrected chi connectivity index (χ3v) is 2.61. The fourth-order valence-corrected chi connectivity index (χ4v) is 1.81. The molecule has 1 aromatic rings. The average molecular weight is 222 g/mol. The van der Waals surface area contributed by atoms with Crippen LogP contribution in [0.4, 0.5) is 5.82 Å². The number of ether oxygens (including phenoxy) is 1. The number of hydrogen-bond donors (Lipinski definition) is 2. The highest BCUT2D eigenvalue weighted by Crippen LogP contribution is 2.21. The van der Waals surface area contributed by atoms with Gasteiger partial charge in [-0.2, -0.15) is 0 Å². The van der Waals surface area contributed by atoms with E-state index >= 15 is 0 Å². The molecular formula is C11H18N4O. The zero-order valence-electron chi connectivity index (χ0n) is 9.62. The molecule has 2 heterocycles. The number of nitrogens with zero attached hydrogens (tertiary/aromatic N) is 2. The number of hydrogen-bond acceptors (Lipinski definition) is 5. The van der Waals surface area contributed by atoms with Crippen molar-refractivity contribution in [3.63, 3.8) is 0 Å². The Balaban J connectivity index is 2.18. The van der Waals surface area contributed by atoms with E-state index in [0.717, 1.165) is 48.9 Å². The molecule has 16 heavy (non-hydrogen) atoms. The van der Waals surface area contributed by atoms with Crippen molar-refractivity contribution in [2.45, 2.75) is 26.4 Å². The summed E-state index contributed by atoms with van der Waals surface area (Å²) in [5, 5.41) is 3.30. The van der Waals surface area contributed by atoms with Crippen molar-refractivity contribution in [2.75, 3.05) is 25.0 Å². The lowest BCUT2D eigenvalue weighted by atomic mass is 10.1. The second-order valence-electron chi connectivity index (χ2n) is 3.92. The van der Waals surface area contributed by atoms with E-state index in [9.17, 15) is 0 Å². The second kappa shape index (κ2) is 5.23. The van der Waals surface area contributed by atoms with E-state index in [1.54, 1.807) is 0 Å². The number of nitrogens with two attached hydrogens (primary N) is 1. The summed E-state index contributed by atoms with van der Waals surface area (Å²) in [5.74, 6) is 1.73. The third-order valence-electron chi connectivity index (χ3n) is 2.61. The maximum Gasteiger partial charge on any atom is 0.135 e. The average Bonchev–Trinajstić information content (AvgIpc) is 2.29. The molecule has 0 aromatic carbocycles.